The molecule has 0 unspecified atom stereocenters. The van der Waals surface area contributed by atoms with Gasteiger partial charge in [0, 0.05) is 32.1 Å². The van der Waals surface area contributed by atoms with Crippen LogP contribution in [0.2, 0.25) is 0 Å². The third-order valence-electron chi connectivity index (χ3n) is 6.36. The maximum Gasteiger partial charge on any atom is 0.223 e. The van der Waals surface area contributed by atoms with Crippen LogP contribution in [0.25, 0.3) is 0 Å². The van der Waals surface area contributed by atoms with E-state index in [4.69, 9.17) is 0 Å². The summed E-state index contributed by atoms with van der Waals surface area (Å²) in [6, 6.07) is 3.51. The molecule has 2 aliphatic heterocycles. The van der Waals surface area contributed by atoms with Gasteiger partial charge in [-0.3, -0.25) is 4.79 Å². The second-order valence-electron chi connectivity index (χ2n) is 8.30. The lowest BCUT2D eigenvalue weighted by molar-refractivity contribution is -0.128. The van der Waals surface area contributed by atoms with Crippen molar-refractivity contribution >= 4 is 5.91 Å². The van der Waals surface area contributed by atoms with Crippen molar-refractivity contribution in [2.45, 2.75) is 45.1 Å². The van der Waals surface area contributed by atoms with E-state index >= 15 is 0 Å². The molecule has 5 heteroatoms. The number of hydrogen-bond acceptors (Lipinski definition) is 2. The molecular weight excluding hydrogens is 322 g/mol. The summed E-state index contributed by atoms with van der Waals surface area (Å²) in [7, 11) is 0. The zero-order chi connectivity index (χ0) is 17.4. The van der Waals surface area contributed by atoms with E-state index in [2.05, 4.69) is 4.90 Å². The first-order valence-electron chi connectivity index (χ1n) is 9.46. The van der Waals surface area contributed by atoms with E-state index in [1.807, 2.05) is 0 Å². The zero-order valence-corrected chi connectivity index (χ0v) is 14.6. The van der Waals surface area contributed by atoms with Crippen LogP contribution in [0.15, 0.2) is 18.2 Å². The van der Waals surface area contributed by atoms with E-state index < -0.39 is 11.6 Å². The predicted molar refractivity (Wildman–Crippen MR) is 91.8 cm³/mol. The van der Waals surface area contributed by atoms with Crippen LogP contribution in [-0.4, -0.2) is 41.9 Å². The number of carbonyl (C=O) groups is 1. The van der Waals surface area contributed by atoms with E-state index in [-0.39, 0.29) is 11.3 Å². The quantitative estimate of drug-likeness (QED) is 0.830. The first-order valence-corrected chi connectivity index (χ1v) is 9.46. The summed E-state index contributed by atoms with van der Waals surface area (Å²) in [5.41, 5.74) is 0.601. The summed E-state index contributed by atoms with van der Waals surface area (Å²) in [5, 5.41) is 0. The van der Waals surface area contributed by atoms with Crippen LogP contribution in [-0.2, 0) is 11.3 Å². The topological polar surface area (TPSA) is 23.6 Å². The van der Waals surface area contributed by atoms with Gasteiger partial charge in [0.15, 0.2) is 0 Å². The van der Waals surface area contributed by atoms with E-state index in [1.54, 1.807) is 4.90 Å². The zero-order valence-electron chi connectivity index (χ0n) is 14.6. The van der Waals surface area contributed by atoms with Crippen LogP contribution in [0.1, 0.15) is 44.1 Å². The van der Waals surface area contributed by atoms with Gasteiger partial charge in [-0.2, -0.15) is 0 Å². The van der Waals surface area contributed by atoms with Gasteiger partial charge in [-0.15, -0.1) is 0 Å². The van der Waals surface area contributed by atoms with Gasteiger partial charge in [-0.25, -0.2) is 8.78 Å². The molecule has 1 aromatic rings. The van der Waals surface area contributed by atoms with E-state index in [0.717, 1.165) is 44.5 Å². The lowest BCUT2D eigenvalue weighted by atomic mass is 9.77. The average molecular weight is 348 g/mol. The smallest absolute Gasteiger partial charge is 0.223 e. The summed E-state index contributed by atoms with van der Waals surface area (Å²) in [4.78, 5) is 16.8. The average Bonchev–Trinajstić information content (AvgIpc) is 2.79. The molecule has 0 N–H and O–H groups in total. The fraction of sp³-hybridized carbons (Fsp3) is 0.650. The Kier molecular flexibility index (Phi) is 4.52. The van der Waals surface area contributed by atoms with Crippen LogP contribution in [0.5, 0.6) is 0 Å². The molecule has 0 aromatic heterocycles. The highest BCUT2D eigenvalue weighted by Gasteiger charge is 2.44. The van der Waals surface area contributed by atoms with Gasteiger partial charge >= 0.3 is 0 Å². The number of halogens is 2. The Labute approximate surface area is 148 Å². The number of hydrogen-bond donors (Lipinski definition) is 0. The summed E-state index contributed by atoms with van der Waals surface area (Å²) < 4.78 is 26.8. The minimum absolute atomic E-state index is 0.0685. The van der Waals surface area contributed by atoms with Gasteiger partial charge < -0.3 is 9.80 Å². The molecule has 1 aliphatic carbocycles. The number of carbonyl (C=O) groups excluding carboxylic acids is 1. The highest BCUT2D eigenvalue weighted by atomic mass is 19.1. The molecule has 2 saturated heterocycles. The number of likely N-dealkylation sites (tertiary alicyclic amines) is 2. The SMILES string of the molecule is O=C1CC2(CCN(CC3CCC3)CC2)CN1Cc1cc(F)cc(F)c1. The van der Waals surface area contributed by atoms with Crippen molar-refractivity contribution in [3.8, 4) is 0 Å². The van der Waals surface area contributed by atoms with Crippen molar-refractivity contribution in [1.82, 2.24) is 9.80 Å². The number of benzene rings is 1. The maximum atomic E-state index is 13.4. The fourth-order valence-corrected chi connectivity index (χ4v) is 4.63. The lowest BCUT2D eigenvalue weighted by Gasteiger charge is -2.41. The number of rotatable bonds is 4. The standard InChI is InChI=1S/C20H26F2N2O/c21-17-8-16(9-18(22)10-17)13-24-14-20(11-19(24)25)4-6-23(7-5-20)12-15-2-1-3-15/h8-10,15H,1-7,11-14H2. The molecule has 0 bridgehead atoms. The Balaban J connectivity index is 1.35. The molecule has 0 radical (unpaired) electrons. The molecule has 2 heterocycles. The van der Waals surface area contributed by atoms with Crippen LogP contribution in [0, 0.1) is 23.0 Å². The minimum atomic E-state index is -0.583. The Bertz CT molecular complexity index is 631. The Morgan fingerprint density at radius 3 is 2.36 bits per heavy atom. The first kappa shape index (κ1) is 17.0. The monoisotopic (exact) mass is 348 g/mol. The van der Waals surface area contributed by atoms with Crippen LogP contribution in [0.4, 0.5) is 8.78 Å². The summed E-state index contributed by atoms with van der Waals surface area (Å²) in [6.07, 6.45) is 6.82. The first-order chi connectivity index (χ1) is 12.0. The van der Waals surface area contributed by atoms with Crippen molar-refractivity contribution in [3.63, 3.8) is 0 Å². The summed E-state index contributed by atoms with van der Waals surface area (Å²) >= 11 is 0. The van der Waals surface area contributed by atoms with E-state index in [1.165, 1.54) is 37.9 Å². The van der Waals surface area contributed by atoms with Crippen LogP contribution in [0.3, 0.4) is 0 Å². The van der Waals surface area contributed by atoms with Crippen molar-refractivity contribution in [3.05, 3.63) is 35.4 Å². The maximum absolute atomic E-state index is 13.4. The van der Waals surface area contributed by atoms with E-state index in [0.29, 0.717) is 18.5 Å². The Hall–Kier alpha value is -1.49. The van der Waals surface area contributed by atoms with Gasteiger partial charge in [-0.1, -0.05) is 6.42 Å². The minimum Gasteiger partial charge on any atom is -0.338 e. The number of amides is 1. The lowest BCUT2D eigenvalue weighted by Crippen LogP contribution is -2.44. The normalized spacial score (nSPS) is 24.1. The predicted octanol–water partition coefficient (Wildman–Crippen LogP) is 3.58. The molecule has 1 spiro atoms. The fourth-order valence-electron chi connectivity index (χ4n) is 4.63. The summed E-state index contributed by atoms with van der Waals surface area (Å²) in [6.45, 7) is 4.40. The molecule has 1 saturated carbocycles. The molecule has 3 nitrogen and oxygen atoms in total. The molecule has 25 heavy (non-hydrogen) atoms. The number of piperidine rings is 1. The molecular formula is C20H26F2N2O. The largest absolute Gasteiger partial charge is 0.338 e. The highest BCUT2D eigenvalue weighted by molar-refractivity contribution is 5.79. The summed E-state index contributed by atoms with van der Waals surface area (Å²) in [5.74, 6) is -0.155. The van der Waals surface area contributed by atoms with Gasteiger partial charge in [0.05, 0.1) is 0 Å². The van der Waals surface area contributed by atoms with Crippen LogP contribution < -0.4 is 0 Å². The van der Waals surface area contributed by atoms with Gasteiger partial charge in [0.2, 0.25) is 5.91 Å². The molecule has 1 amide bonds. The highest BCUT2D eigenvalue weighted by Crippen LogP contribution is 2.42. The van der Waals surface area contributed by atoms with Gasteiger partial charge in [-0.05, 0) is 67.8 Å². The second kappa shape index (κ2) is 6.67. The molecule has 0 atom stereocenters. The number of nitrogens with zero attached hydrogens (tertiary/aromatic N) is 2. The van der Waals surface area contributed by atoms with Crippen LogP contribution >= 0.6 is 0 Å². The Morgan fingerprint density at radius 1 is 1.08 bits per heavy atom. The van der Waals surface area contributed by atoms with E-state index in [9.17, 15) is 13.6 Å². The Morgan fingerprint density at radius 2 is 1.76 bits per heavy atom. The molecule has 4 rings (SSSR count). The third kappa shape index (κ3) is 3.71. The van der Waals surface area contributed by atoms with Crippen molar-refractivity contribution < 1.29 is 13.6 Å². The van der Waals surface area contributed by atoms with Crippen molar-refractivity contribution in [2.75, 3.05) is 26.2 Å². The molecule has 3 fully saturated rings. The molecule has 136 valence electrons. The van der Waals surface area contributed by atoms with Crippen molar-refractivity contribution in [1.29, 1.82) is 0 Å². The van der Waals surface area contributed by atoms with Crippen molar-refractivity contribution in [2.24, 2.45) is 11.3 Å². The van der Waals surface area contributed by atoms with Gasteiger partial charge in [0.1, 0.15) is 11.6 Å². The molecule has 3 aliphatic rings. The van der Waals surface area contributed by atoms with Gasteiger partial charge in [0.25, 0.3) is 0 Å². The third-order valence-corrected chi connectivity index (χ3v) is 6.36. The second-order valence-corrected chi connectivity index (χ2v) is 8.30. The molecule has 1 aromatic carbocycles.